The van der Waals surface area contributed by atoms with Gasteiger partial charge in [0, 0.05) is 37.1 Å². The number of hydrogen-bond acceptors (Lipinski definition) is 5. The van der Waals surface area contributed by atoms with Gasteiger partial charge in [0.2, 0.25) is 0 Å². The molecule has 0 aliphatic heterocycles. The number of aromatic nitrogens is 1. The quantitative estimate of drug-likeness (QED) is 0.481. The zero-order valence-corrected chi connectivity index (χ0v) is 11.7. The summed E-state index contributed by atoms with van der Waals surface area (Å²) >= 11 is 0. The number of nitrogens with zero attached hydrogens (tertiary/aromatic N) is 2. The first kappa shape index (κ1) is 14.9. The van der Waals surface area contributed by atoms with Crippen molar-refractivity contribution in [3.05, 3.63) is 64.5 Å². The number of nitro groups is 1. The Morgan fingerprint density at radius 1 is 1.24 bits per heavy atom. The van der Waals surface area contributed by atoms with Crippen LogP contribution in [0.15, 0.2) is 48.8 Å². The number of non-ortho nitro benzene ring substituents is 1. The topological polar surface area (TPSA) is 77.3 Å². The van der Waals surface area contributed by atoms with Crippen molar-refractivity contribution in [1.29, 1.82) is 0 Å². The lowest BCUT2D eigenvalue weighted by Crippen LogP contribution is -2.24. The van der Waals surface area contributed by atoms with Gasteiger partial charge in [-0.05, 0) is 36.8 Å². The lowest BCUT2D eigenvalue weighted by molar-refractivity contribution is -0.384. The van der Waals surface area contributed by atoms with Crippen LogP contribution in [0.1, 0.15) is 18.5 Å². The molecule has 1 heterocycles. The molecule has 1 unspecified atom stereocenters. The minimum absolute atomic E-state index is 0.0618. The molecule has 6 heteroatoms. The fourth-order valence-corrected chi connectivity index (χ4v) is 1.88. The predicted molar refractivity (Wildman–Crippen MR) is 79.2 cm³/mol. The summed E-state index contributed by atoms with van der Waals surface area (Å²) < 4.78 is 5.53. The van der Waals surface area contributed by atoms with Crippen LogP contribution in [-0.2, 0) is 0 Å². The molecule has 2 aromatic rings. The fourth-order valence-electron chi connectivity index (χ4n) is 1.88. The van der Waals surface area contributed by atoms with Crippen molar-refractivity contribution in [2.24, 2.45) is 0 Å². The molecule has 6 nitrogen and oxygen atoms in total. The van der Waals surface area contributed by atoms with Crippen molar-refractivity contribution in [1.82, 2.24) is 10.3 Å². The molecule has 1 atom stereocenters. The highest BCUT2D eigenvalue weighted by atomic mass is 16.6. The largest absolute Gasteiger partial charge is 0.492 e. The van der Waals surface area contributed by atoms with Crippen LogP contribution in [-0.4, -0.2) is 23.1 Å². The van der Waals surface area contributed by atoms with Gasteiger partial charge in [0.1, 0.15) is 12.4 Å². The Labute approximate surface area is 122 Å². The second kappa shape index (κ2) is 7.35. The third-order valence-corrected chi connectivity index (χ3v) is 3.07. The molecule has 0 radical (unpaired) electrons. The summed E-state index contributed by atoms with van der Waals surface area (Å²) in [4.78, 5) is 14.1. The molecule has 0 saturated heterocycles. The van der Waals surface area contributed by atoms with E-state index in [1.54, 1.807) is 24.5 Å². The summed E-state index contributed by atoms with van der Waals surface area (Å²) in [7, 11) is 0. The molecular weight excluding hydrogens is 270 g/mol. The first-order valence-electron chi connectivity index (χ1n) is 6.67. The third-order valence-electron chi connectivity index (χ3n) is 3.07. The van der Waals surface area contributed by atoms with E-state index in [0.717, 1.165) is 0 Å². The van der Waals surface area contributed by atoms with Gasteiger partial charge >= 0.3 is 0 Å². The number of nitrogens with one attached hydrogen (secondary N) is 1. The maximum absolute atomic E-state index is 10.5. The summed E-state index contributed by atoms with van der Waals surface area (Å²) in [6, 6.07) is 10.2. The van der Waals surface area contributed by atoms with Crippen LogP contribution in [0.2, 0.25) is 0 Å². The van der Waals surface area contributed by atoms with Crippen LogP contribution in [0.5, 0.6) is 5.75 Å². The molecule has 0 saturated carbocycles. The summed E-state index contributed by atoms with van der Waals surface area (Å²) in [5.41, 5.74) is 1.23. The van der Waals surface area contributed by atoms with Crippen molar-refractivity contribution >= 4 is 5.69 Å². The van der Waals surface area contributed by atoms with Crippen LogP contribution < -0.4 is 10.1 Å². The highest BCUT2D eigenvalue weighted by Gasteiger charge is 2.05. The van der Waals surface area contributed by atoms with E-state index in [1.807, 2.05) is 12.1 Å². The molecular formula is C15H17N3O3. The molecule has 0 bridgehead atoms. The molecule has 1 N–H and O–H groups in total. The first-order chi connectivity index (χ1) is 10.2. The van der Waals surface area contributed by atoms with Gasteiger partial charge < -0.3 is 10.1 Å². The molecule has 0 aliphatic rings. The standard InChI is InChI=1S/C15H17N3O3/c1-12(13-6-8-16-9-7-13)17-10-11-21-15-4-2-14(3-5-15)18(19)20/h2-9,12,17H,10-11H2,1H3. The van der Waals surface area contributed by atoms with E-state index in [9.17, 15) is 10.1 Å². The smallest absolute Gasteiger partial charge is 0.269 e. The van der Waals surface area contributed by atoms with E-state index < -0.39 is 4.92 Å². The normalized spacial score (nSPS) is 11.9. The average Bonchev–Trinajstić information content (AvgIpc) is 2.52. The monoisotopic (exact) mass is 287 g/mol. The van der Waals surface area contributed by atoms with E-state index in [-0.39, 0.29) is 11.7 Å². The zero-order valence-electron chi connectivity index (χ0n) is 11.7. The highest BCUT2D eigenvalue weighted by molar-refractivity contribution is 5.35. The summed E-state index contributed by atoms with van der Waals surface area (Å²) in [6.07, 6.45) is 3.53. The summed E-state index contributed by atoms with van der Waals surface area (Å²) in [5.74, 6) is 0.624. The van der Waals surface area contributed by atoms with Gasteiger partial charge in [-0.25, -0.2) is 0 Å². The molecule has 21 heavy (non-hydrogen) atoms. The van der Waals surface area contributed by atoms with E-state index in [0.29, 0.717) is 18.9 Å². The summed E-state index contributed by atoms with van der Waals surface area (Å²) in [6.45, 7) is 3.24. The Balaban J connectivity index is 1.73. The maximum atomic E-state index is 10.5. The van der Waals surface area contributed by atoms with E-state index in [2.05, 4.69) is 17.2 Å². The highest BCUT2D eigenvalue weighted by Crippen LogP contribution is 2.17. The third kappa shape index (κ3) is 4.54. The van der Waals surface area contributed by atoms with Crippen LogP contribution in [0.3, 0.4) is 0 Å². The van der Waals surface area contributed by atoms with Crippen LogP contribution in [0.25, 0.3) is 0 Å². The Kier molecular flexibility index (Phi) is 5.22. The predicted octanol–water partition coefficient (Wildman–Crippen LogP) is 2.72. The second-order valence-corrected chi connectivity index (χ2v) is 4.56. The molecule has 2 rings (SSSR count). The Hall–Kier alpha value is -2.47. The molecule has 0 spiro atoms. The van der Waals surface area contributed by atoms with Gasteiger partial charge in [-0.2, -0.15) is 0 Å². The lowest BCUT2D eigenvalue weighted by atomic mass is 10.1. The Morgan fingerprint density at radius 2 is 1.90 bits per heavy atom. The number of nitro benzene ring substituents is 1. The van der Waals surface area contributed by atoms with Gasteiger partial charge in [-0.1, -0.05) is 0 Å². The van der Waals surface area contributed by atoms with E-state index in [4.69, 9.17) is 4.74 Å². The molecule has 1 aromatic carbocycles. The first-order valence-corrected chi connectivity index (χ1v) is 6.67. The van der Waals surface area contributed by atoms with Gasteiger partial charge in [0.05, 0.1) is 4.92 Å². The maximum Gasteiger partial charge on any atom is 0.269 e. The molecule has 1 aromatic heterocycles. The average molecular weight is 287 g/mol. The van der Waals surface area contributed by atoms with Crippen molar-refractivity contribution in [3.63, 3.8) is 0 Å². The molecule has 0 aliphatic carbocycles. The van der Waals surface area contributed by atoms with Crippen molar-refractivity contribution in [2.45, 2.75) is 13.0 Å². The Bertz CT molecular complexity index is 572. The van der Waals surface area contributed by atoms with Crippen molar-refractivity contribution in [3.8, 4) is 5.75 Å². The van der Waals surface area contributed by atoms with Crippen molar-refractivity contribution in [2.75, 3.05) is 13.2 Å². The molecule has 0 fully saturated rings. The van der Waals surface area contributed by atoms with Crippen LogP contribution >= 0.6 is 0 Å². The molecule has 110 valence electrons. The van der Waals surface area contributed by atoms with Gasteiger partial charge in [-0.15, -0.1) is 0 Å². The lowest BCUT2D eigenvalue weighted by Gasteiger charge is -2.14. The minimum Gasteiger partial charge on any atom is -0.492 e. The fraction of sp³-hybridized carbons (Fsp3) is 0.267. The minimum atomic E-state index is -0.429. The number of ether oxygens (including phenoxy) is 1. The molecule has 0 amide bonds. The zero-order chi connectivity index (χ0) is 15.1. The van der Waals surface area contributed by atoms with Crippen LogP contribution in [0.4, 0.5) is 5.69 Å². The number of rotatable bonds is 7. The number of hydrogen-bond donors (Lipinski definition) is 1. The van der Waals surface area contributed by atoms with Crippen molar-refractivity contribution < 1.29 is 9.66 Å². The van der Waals surface area contributed by atoms with Crippen LogP contribution in [0, 0.1) is 10.1 Å². The number of benzene rings is 1. The Morgan fingerprint density at radius 3 is 2.52 bits per heavy atom. The SMILES string of the molecule is CC(NCCOc1ccc([N+](=O)[O-])cc1)c1ccncc1. The van der Waals surface area contributed by atoms with Gasteiger partial charge in [0.25, 0.3) is 5.69 Å². The van der Waals surface area contributed by atoms with Gasteiger partial charge in [0.15, 0.2) is 0 Å². The number of pyridine rings is 1. The summed E-state index contributed by atoms with van der Waals surface area (Å²) in [5, 5.41) is 13.9. The van der Waals surface area contributed by atoms with Gasteiger partial charge in [-0.3, -0.25) is 15.1 Å². The van der Waals surface area contributed by atoms with E-state index >= 15 is 0 Å². The second-order valence-electron chi connectivity index (χ2n) is 4.56. The van der Waals surface area contributed by atoms with E-state index in [1.165, 1.54) is 17.7 Å².